The number of rotatable bonds is 6. The fourth-order valence-electron chi connectivity index (χ4n) is 5.08. The van der Waals surface area contributed by atoms with Gasteiger partial charge < -0.3 is 9.88 Å². The first-order chi connectivity index (χ1) is 14.7. The van der Waals surface area contributed by atoms with Crippen molar-refractivity contribution < 1.29 is 0 Å². The molecule has 0 radical (unpaired) electrons. The molecule has 0 bridgehead atoms. The predicted octanol–water partition coefficient (Wildman–Crippen LogP) is 5.71. The van der Waals surface area contributed by atoms with E-state index in [1.54, 1.807) is 0 Å². The number of hydrogen-bond acceptors (Lipinski definition) is 5. The Balaban J connectivity index is 1.76. The zero-order valence-electron chi connectivity index (χ0n) is 19.9. The molecule has 2 aliphatic carbocycles. The molecule has 1 N–H and O–H groups in total. The smallest absolute Gasteiger partial charge is 0.236 e. The minimum atomic E-state index is 0.124. The molecule has 2 aromatic rings. The maximum Gasteiger partial charge on any atom is 0.236 e. The zero-order chi connectivity index (χ0) is 22.2. The normalized spacial score (nSPS) is 23.4. The average molecular weight is 423 g/mol. The lowest BCUT2D eigenvalue weighted by molar-refractivity contribution is 0.262. The highest BCUT2D eigenvalue weighted by Crippen LogP contribution is 2.35. The molecule has 31 heavy (non-hydrogen) atoms. The zero-order valence-corrected chi connectivity index (χ0v) is 19.9. The second-order valence-corrected chi connectivity index (χ2v) is 11.3. The van der Waals surface area contributed by atoms with E-state index in [0.29, 0.717) is 23.5 Å². The van der Waals surface area contributed by atoms with Gasteiger partial charge in [0.2, 0.25) is 5.82 Å². The van der Waals surface area contributed by atoms with E-state index in [2.05, 4.69) is 60.5 Å². The van der Waals surface area contributed by atoms with E-state index in [-0.39, 0.29) is 11.2 Å². The monoisotopic (exact) mass is 422 g/mol. The molecule has 2 saturated carbocycles. The van der Waals surface area contributed by atoms with E-state index in [1.165, 1.54) is 44.9 Å². The van der Waals surface area contributed by atoms with Crippen LogP contribution in [-0.4, -0.2) is 25.6 Å². The molecule has 1 atom stereocenters. The van der Waals surface area contributed by atoms with E-state index < -0.39 is 0 Å². The van der Waals surface area contributed by atoms with Crippen molar-refractivity contribution in [2.24, 2.45) is 23.2 Å². The predicted molar refractivity (Wildman–Crippen MR) is 125 cm³/mol. The Morgan fingerprint density at radius 1 is 1.10 bits per heavy atom. The highest BCUT2D eigenvalue weighted by Gasteiger charge is 2.28. The second-order valence-electron chi connectivity index (χ2n) is 11.3. The van der Waals surface area contributed by atoms with Gasteiger partial charge >= 0.3 is 0 Å². The van der Waals surface area contributed by atoms with Gasteiger partial charge in [0, 0.05) is 19.0 Å². The third-order valence-electron chi connectivity index (χ3n) is 7.27. The summed E-state index contributed by atoms with van der Waals surface area (Å²) in [5.41, 5.74) is 1.78. The number of imidazole rings is 1. The number of aromatic nitrogens is 4. The van der Waals surface area contributed by atoms with Gasteiger partial charge in [-0.25, -0.2) is 4.98 Å². The van der Waals surface area contributed by atoms with Crippen molar-refractivity contribution in [1.82, 2.24) is 19.5 Å². The fraction of sp³-hybridized carbons (Fsp3) is 0.760. The topological polar surface area (TPSA) is 79.4 Å². The molecule has 6 nitrogen and oxygen atoms in total. The van der Waals surface area contributed by atoms with Crippen molar-refractivity contribution >= 4 is 17.0 Å². The van der Waals surface area contributed by atoms with Crippen molar-refractivity contribution in [2.75, 3.05) is 5.32 Å². The van der Waals surface area contributed by atoms with Crippen molar-refractivity contribution in [3.63, 3.8) is 0 Å². The van der Waals surface area contributed by atoms with Crippen LogP contribution in [0.1, 0.15) is 91.2 Å². The molecule has 0 aliphatic heterocycles. The van der Waals surface area contributed by atoms with Gasteiger partial charge in [-0.3, -0.25) is 0 Å². The quantitative estimate of drug-likeness (QED) is 0.644. The number of anilines is 1. The lowest BCUT2D eigenvalue weighted by Gasteiger charge is -2.32. The van der Waals surface area contributed by atoms with Crippen LogP contribution in [0.15, 0.2) is 0 Å². The summed E-state index contributed by atoms with van der Waals surface area (Å²) in [6, 6.07) is 2.48. The number of nitriles is 1. The van der Waals surface area contributed by atoms with E-state index in [1.807, 2.05) is 0 Å². The van der Waals surface area contributed by atoms with Crippen molar-refractivity contribution in [1.29, 1.82) is 5.26 Å². The summed E-state index contributed by atoms with van der Waals surface area (Å²) in [5, 5.41) is 13.2. The number of nitrogens with one attached hydrogen (secondary N) is 1. The third kappa shape index (κ3) is 5.02. The lowest BCUT2D eigenvalue weighted by Crippen LogP contribution is -2.31. The SMILES string of the molecule is C[C@@H](Nc1nc(C#N)nc2nc(CC(C)(C)C)n(C[C@H]3CC[C@H](C)CC3)c12)C1CCC1. The summed E-state index contributed by atoms with van der Waals surface area (Å²) >= 11 is 0. The average Bonchev–Trinajstić information content (AvgIpc) is 2.97. The minimum absolute atomic E-state index is 0.124. The van der Waals surface area contributed by atoms with E-state index in [4.69, 9.17) is 4.98 Å². The van der Waals surface area contributed by atoms with Gasteiger partial charge in [-0.05, 0) is 55.8 Å². The maximum atomic E-state index is 9.53. The molecule has 0 aromatic carbocycles. The molecule has 2 fully saturated rings. The van der Waals surface area contributed by atoms with Gasteiger partial charge in [0.05, 0.1) is 0 Å². The summed E-state index contributed by atoms with van der Waals surface area (Å²) in [6.45, 7) is 12.3. The molecule has 0 unspecified atom stereocenters. The van der Waals surface area contributed by atoms with Crippen LogP contribution in [0.25, 0.3) is 11.2 Å². The van der Waals surface area contributed by atoms with Crippen molar-refractivity contribution in [2.45, 2.75) is 98.6 Å². The Labute approximate surface area is 186 Å². The highest BCUT2D eigenvalue weighted by molar-refractivity contribution is 5.84. The molecule has 0 saturated heterocycles. The van der Waals surface area contributed by atoms with E-state index in [0.717, 1.165) is 36.0 Å². The van der Waals surface area contributed by atoms with Crippen LogP contribution < -0.4 is 5.32 Å². The molecule has 4 rings (SSSR count). The Bertz CT molecular complexity index is 951. The first-order valence-electron chi connectivity index (χ1n) is 12.2. The van der Waals surface area contributed by atoms with Crippen LogP contribution in [0.2, 0.25) is 0 Å². The molecular weight excluding hydrogens is 384 g/mol. The third-order valence-corrected chi connectivity index (χ3v) is 7.27. The molecular formula is C25H38N6. The highest BCUT2D eigenvalue weighted by atomic mass is 15.2. The largest absolute Gasteiger partial charge is 0.365 e. The van der Waals surface area contributed by atoms with E-state index in [9.17, 15) is 5.26 Å². The van der Waals surface area contributed by atoms with Gasteiger partial charge in [-0.15, -0.1) is 0 Å². The molecule has 0 spiro atoms. The Kier molecular flexibility index (Phi) is 6.23. The molecule has 0 amide bonds. The second kappa shape index (κ2) is 8.76. The summed E-state index contributed by atoms with van der Waals surface area (Å²) in [7, 11) is 0. The van der Waals surface area contributed by atoms with E-state index >= 15 is 0 Å². The fourth-order valence-corrected chi connectivity index (χ4v) is 5.08. The van der Waals surface area contributed by atoms with Crippen LogP contribution in [0.3, 0.4) is 0 Å². The molecule has 2 aromatic heterocycles. The minimum Gasteiger partial charge on any atom is -0.365 e. The molecule has 2 aliphatic rings. The molecule has 2 heterocycles. The van der Waals surface area contributed by atoms with Crippen LogP contribution >= 0.6 is 0 Å². The Hall–Kier alpha value is -2.16. The number of nitrogens with zero attached hydrogens (tertiary/aromatic N) is 5. The standard InChI is InChI=1S/C25H38N6/c1-16-9-11-18(12-10-16)15-31-21(13-25(3,4)5)30-24-22(31)23(28-20(14-26)29-24)27-17(2)19-7-6-8-19/h16-19H,6-13,15H2,1-5H3,(H,27,28,29)/t16-,17-,18-/m1/s1. The first kappa shape index (κ1) is 22.0. The summed E-state index contributed by atoms with van der Waals surface area (Å²) in [5.74, 6) is 4.25. The van der Waals surface area contributed by atoms with Crippen LogP contribution in [0.4, 0.5) is 5.82 Å². The van der Waals surface area contributed by atoms with Crippen LogP contribution in [0.5, 0.6) is 0 Å². The van der Waals surface area contributed by atoms with Crippen molar-refractivity contribution in [3.8, 4) is 6.07 Å². The van der Waals surface area contributed by atoms with Gasteiger partial charge in [-0.2, -0.15) is 15.2 Å². The molecule has 6 heteroatoms. The Morgan fingerprint density at radius 2 is 1.81 bits per heavy atom. The number of fused-ring (bicyclic) bond motifs is 1. The van der Waals surface area contributed by atoms with Gasteiger partial charge in [-0.1, -0.05) is 47.0 Å². The van der Waals surface area contributed by atoms with Gasteiger partial charge in [0.25, 0.3) is 0 Å². The van der Waals surface area contributed by atoms with Crippen molar-refractivity contribution in [3.05, 3.63) is 11.6 Å². The molecule has 168 valence electrons. The van der Waals surface area contributed by atoms with Crippen LogP contribution in [0, 0.1) is 34.5 Å². The van der Waals surface area contributed by atoms with Crippen LogP contribution in [-0.2, 0) is 13.0 Å². The maximum absolute atomic E-state index is 9.53. The Morgan fingerprint density at radius 3 is 2.39 bits per heavy atom. The number of hydrogen-bond donors (Lipinski definition) is 1. The van der Waals surface area contributed by atoms with Gasteiger partial charge in [0.1, 0.15) is 17.4 Å². The summed E-state index contributed by atoms with van der Waals surface area (Å²) in [6.07, 6.45) is 9.89. The summed E-state index contributed by atoms with van der Waals surface area (Å²) < 4.78 is 2.39. The first-order valence-corrected chi connectivity index (χ1v) is 12.2. The summed E-state index contributed by atoms with van der Waals surface area (Å²) in [4.78, 5) is 14.1. The van der Waals surface area contributed by atoms with Gasteiger partial charge in [0.15, 0.2) is 11.5 Å². The lowest BCUT2D eigenvalue weighted by atomic mass is 9.80.